The van der Waals surface area contributed by atoms with Gasteiger partial charge in [0.2, 0.25) is 0 Å². The molecule has 0 N–H and O–H groups in total. The maximum absolute atomic E-state index is 12.1. The van der Waals surface area contributed by atoms with Crippen LogP contribution in [0.3, 0.4) is 0 Å². The smallest absolute Gasteiger partial charge is 0.171 e. The number of rotatable bonds is 0. The fourth-order valence-corrected chi connectivity index (χ4v) is 1.59. The first-order valence-corrected chi connectivity index (χ1v) is 3.90. The van der Waals surface area contributed by atoms with E-state index in [1.165, 1.54) is 0 Å². The molecule has 1 fully saturated rings. The van der Waals surface area contributed by atoms with Gasteiger partial charge in [-0.05, 0) is 18.8 Å². The largest absolute Gasteiger partial charge is 0.391 e. The summed E-state index contributed by atoms with van der Waals surface area (Å²) in [5, 5.41) is 0. The third-order valence-corrected chi connectivity index (χ3v) is 2.25. The van der Waals surface area contributed by atoms with Crippen LogP contribution in [0.1, 0.15) is 25.7 Å². The first-order chi connectivity index (χ1) is 5.00. The molecule has 3 heteroatoms. The second-order valence-corrected chi connectivity index (χ2v) is 3.27. The Labute approximate surface area is 64.8 Å². The van der Waals surface area contributed by atoms with E-state index in [0.717, 1.165) is 6.42 Å². The van der Waals surface area contributed by atoms with Crippen LogP contribution in [0.5, 0.6) is 0 Å². The average Bonchev–Trinajstić information content (AvgIpc) is 1.86. The van der Waals surface area contributed by atoms with E-state index in [1.54, 1.807) is 0 Å². The Hall–Kier alpha value is -0.210. The van der Waals surface area contributed by atoms with Crippen molar-refractivity contribution in [2.45, 2.75) is 31.9 Å². The molecule has 1 aliphatic carbocycles. The maximum Gasteiger partial charge on any atom is 0.391 e. The van der Waals surface area contributed by atoms with E-state index in [2.05, 4.69) is 6.92 Å². The van der Waals surface area contributed by atoms with Gasteiger partial charge in [0.25, 0.3) is 0 Å². The maximum atomic E-state index is 12.1. The van der Waals surface area contributed by atoms with Gasteiger partial charge in [0.1, 0.15) is 0 Å². The number of alkyl halides is 3. The molecule has 0 spiro atoms. The first-order valence-electron chi connectivity index (χ1n) is 3.90. The fraction of sp³-hybridized carbons (Fsp3) is 0.875. The average molecular weight is 165 g/mol. The molecule has 0 heterocycles. The van der Waals surface area contributed by atoms with E-state index in [9.17, 15) is 13.2 Å². The third kappa shape index (κ3) is 2.38. The molecule has 0 amide bonds. The molecule has 65 valence electrons. The van der Waals surface area contributed by atoms with Crippen LogP contribution in [-0.4, -0.2) is 6.18 Å². The summed E-state index contributed by atoms with van der Waals surface area (Å²) < 4.78 is 36.3. The van der Waals surface area contributed by atoms with Gasteiger partial charge < -0.3 is 0 Å². The Morgan fingerprint density at radius 1 is 1.18 bits per heavy atom. The number of hydrogen-bond acceptors (Lipinski definition) is 0. The van der Waals surface area contributed by atoms with Gasteiger partial charge >= 0.3 is 6.18 Å². The van der Waals surface area contributed by atoms with Gasteiger partial charge in [0.15, 0.2) is 0 Å². The van der Waals surface area contributed by atoms with Gasteiger partial charge in [-0.3, -0.25) is 0 Å². The summed E-state index contributed by atoms with van der Waals surface area (Å²) >= 11 is 0. The number of halogens is 3. The van der Waals surface area contributed by atoms with E-state index in [0.29, 0.717) is 12.8 Å². The molecule has 0 nitrogen and oxygen atoms in total. The highest BCUT2D eigenvalue weighted by molar-refractivity contribution is 4.78. The predicted molar refractivity (Wildman–Crippen MR) is 36.9 cm³/mol. The van der Waals surface area contributed by atoms with Crippen molar-refractivity contribution < 1.29 is 13.2 Å². The van der Waals surface area contributed by atoms with Crippen LogP contribution < -0.4 is 0 Å². The van der Waals surface area contributed by atoms with Gasteiger partial charge in [-0.2, -0.15) is 13.2 Å². The van der Waals surface area contributed by atoms with E-state index in [1.807, 2.05) is 0 Å². The lowest BCUT2D eigenvalue weighted by molar-refractivity contribution is -0.184. The third-order valence-electron chi connectivity index (χ3n) is 2.25. The van der Waals surface area contributed by atoms with Crippen molar-refractivity contribution in [2.24, 2.45) is 11.8 Å². The highest BCUT2D eigenvalue weighted by Gasteiger charge is 2.41. The minimum atomic E-state index is -3.99. The molecule has 1 rings (SSSR count). The molecule has 0 aliphatic heterocycles. The molecule has 0 saturated heterocycles. The topological polar surface area (TPSA) is 0 Å². The summed E-state index contributed by atoms with van der Waals surface area (Å²) in [6.07, 6.45) is -1.93. The van der Waals surface area contributed by atoms with Crippen LogP contribution in [-0.2, 0) is 0 Å². The van der Waals surface area contributed by atoms with Crippen LogP contribution in [0.25, 0.3) is 0 Å². The van der Waals surface area contributed by atoms with E-state index in [4.69, 9.17) is 0 Å². The van der Waals surface area contributed by atoms with Crippen molar-refractivity contribution in [1.82, 2.24) is 0 Å². The van der Waals surface area contributed by atoms with Gasteiger partial charge in [0, 0.05) is 0 Å². The summed E-state index contributed by atoms with van der Waals surface area (Å²) in [5.74, 6) is -1.07. The highest BCUT2D eigenvalue weighted by Crippen LogP contribution is 2.39. The molecule has 2 unspecified atom stereocenters. The van der Waals surface area contributed by atoms with E-state index < -0.39 is 12.1 Å². The van der Waals surface area contributed by atoms with Crippen molar-refractivity contribution in [3.05, 3.63) is 6.92 Å². The lowest BCUT2D eigenvalue weighted by atomic mass is 9.82. The van der Waals surface area contributed by atoms with Gasteiger partial charge in [-0.1, -0.05) is 19.8 Å². The summed E-state index contributed by atoms with van der Waals surface area (Å²) in [6.45, 7) is 3.66. The molecular formula is C8H12F3. The first kappa shape index (κ1) is 8.88. The summed E-state index contributed by atoms with van der Waals surface area (Å²) in [5.41, 5.74) is 0. The Bertz CT molecular complexity index is 128. The molecule has 0 aromatic heterocycles. The van der Waals surface area contributed by atoms with Crippen LogP contribution in [0.4, 0.5) is 13.2 Å². The van der Waals surface area contributed by atoms with Crippen molar-refractivity contribution >= 4 is 0 Å². The van der Waals surface area contributed by atoms with Crippen LogP contribution in [0, 0.1) is 18.8 Å². The predicted octanol–water partition coefficient (Wildman–Crippen LogP) is 3.19. The van der Waals surface area contributed by atoms with Crippen molar-refractivity contribution in [2.75, 3.05) is 0 Å². The van der Waals surface area contributed by atoms with Gasteiger partial charge in [0.05, 0.1) is 5.92 Å². The molecule has 0 aromatic carbocycles. The minimum Gasteiger partial charge on any atom is -0.171 e. The SMILES string of the molecule is [CH2]C1CCCC(C(F)(F)F)C1. The monoisotopic (exact) mass is 165 g/mol. The lowest BCUT2D eigenvalue weighted by Gasteiger charge is -2.28. The summed E-state index contributed by atoms with van der Waals surface area (Å²) in [7, 11) is 0. The lowest BCUT2D eigenvalue weighted by Crippen LogP contribution is -2.27. The Kier molecular flexibility index (Phi) is 2.45. The quantitative estimate of drug-likeness (QED) is 0.517. The Morgan fingerprint density at radius 3 is 2.18 bits per heavy atom. The molecule has 1 saturated carbocycles. The zero-order chi connectivity index (χ0) is 8.48. The molecule has 11 heavy (non-hydrogen) atoms. The fourth-order valence-electron chi connectivity index (χ4n) is 1.59. The highest BCUT2D eigenvalue weighted by atomic mass is 19.4. The van der Waals surface area contributed by atoms with Crippen LogP contribution >= 0.6 is 0 Å². The van der Waals surface area contributed by atoms with E-state index in [-0.39, 0.29) is 12.3 Å². The van der Waals surface area contributed by atoms with E-state index >= 15 is 0 Å². The second kappa shape index (κ2) is 3.03. The molecule has 1 radical (unpaired) electrons. The zero-order valence-corrected chi connectivity index (χ0v) is 6.32. The Balaban J connectivity index is 2.46. The molecule has 0 bridgehead atoms. The molecular weight excluding hydrogens is 153 g/mol. The van der Waals surface area contributed by atoms with Crippen molar-refractivity contribution in [3.63, 3.8) is 0 Å². The number of hydrogen-bond donors (Lipinski definition) is 0. The van der Waals surface area contributed by atoms with Crippen molar-refractivity contribution in [1.29, 1.82) is 0 Å². The second-order valence-electron chi connectivity index (χ2n) is 3.27. The normalized spacial score (nSPS) is 33.8. The molecule has 2 atom stereocenters. The van der Waals surface area contributed by atoms with Crippen LogP contribution in [0.2, 0.25) is 0 Å². The molecule has 0 aromatic rings. The van der Waals surface area contributed by atoms with Gasteiger partial charge in [-0.15, -0.1) is 0 Å². The minimum absolute atomic E-state index is 0.00961. The Morgan fingerprint density at radius 2 is 1.82 bits per heavy atom. The van der Waals surface area contributed by atoms with Crippen molar-refractivity contribution in [3.8, 4) is 0 Å². The molecule has 1 aliphatic rings. The summed E-state index contributed by atoms with van der Waals surface area (Å²) in [4.78, 5) is 0. The van der Waals surface area contributed by atoms with Gasteiger partial charge in [-0.25, -0.2) is 0 Å². The van der Waals surface area contributed by atoms with Crippen LogP contribution in [0.15, 0.2) is 0 Å². The zero-order valence-electron chi connectivity index (χ0n) is 6.32. The summed E-state index contributed by atoms with van der Waals surface area (Å²) in [6, 6.07) is 0. The standard InChI is InChI=1S/C8H12F3/c1-6-3-2-4-7(5-6)8(9,10)11/h6-7H,1-5H2.